The van der Waals surface area contributed by atoms with Crippen LogP contribution in [0.1, 0.15) is 33.7 Å². The maximum absolute atomic E-state index is 12.3. The van der Waals surface area contributed by atoms with Crippen LogP contribution < -0.4 is 10.6 Å². The summed E-state index contributed by atoms with van der Waals surface area (Å²) < 4.78 is 0. The van der Waals surface area contributed by atoms with E-state index in [1.807, 2.05) is 36.4 Å². The second-order valence-corrected chi connectivity index (χ2v) is 11.8. The molecule has 5 N–H and O–H groups in total. The highest BCUT2D eigenvalue weighted by molar-refractivity contribution is 8.26. The Hall–Kier alpha value is -3.68. The number of amides is 2. The normalized spacial score (nSPS) is 10.8. The molecule has 10 nitrogen and oxygen atoms in total. The van der Waals surface area contributed by atoms with Gasteiger partial charge in [0.15, 0.2) is 5.17 Å². The highest BCUT2D eigenvalue weighted by Crippen LogP contribution is 2.19. The van der Waals surface area contributed by atoms with Crippen molar-refractivity contribution in [2.45, 2.75) is 25.7 Å². The Morgan fingerprint density at radius 3 is 2.25 bits per heavy atom. The van der Waals surface area contributed by atoms with Gasteiger partial charge < -0.3 is 16.0 Å². The fourth-order valence-corrected chi connectivity index (χ4v) is 5.86. The van der Waals surface area contributed by atoms with E-state index in [1.54, 1.807) is 37.2 Å². The van der Waals surface area contributed by atoms with Gasteiger partial charge in [0.05, 0.1) is 17.9 Å². The first-order valence-electron chi connectivity index (χ1n) is 12.3. The van der Waals surface area contributed by atoms with Crippen molar-refractivity contribution in [3.05, 3.63) is 75.8 Å². The minimum Gasteiger partial charge on any atom is -0.308 e. The quantitative estimate of drug-likeness (QED) is 0.111. The average molecular weight is 595 g/mol. The van der Waals surface area contributed by atoms with E-state index >= 15 is 0 Å². The molecular weight excluding hydrogens is 565 g/mol. The van der Waals surface area contributed by atoms with Crippen molar-refractivity contribution in [3.8, 4) is 0 Å². The minimum atomic E-state index is -0.290. The molecular formula is C27H30N8O2S3. The number of thioether (sulfide) groups is 2. The summed E-state index contributed by atoms with van der Waals surface area (Å²) in [5.41, 5.74) is 3.43. The molecule has 1 heterocycles. The van der Waals surface area contributed by atoms with Crippen LogP contribution in [-0.2, 0) is 28.9 Å². The lowest BCUT2D eigenvalue weighted by atomic mass is 10.1. The number of rotatable bonds is 13. The summed E-state index contributed by atoms with van der Waals surface area (Å²) in [7, 11) is 1.70. The number of nitrogens with one attached hydrogen (secondary N) is 5. The zero-order chi connectivity index (χ0) is 28.7. The van der Waals surface area contributed by atoms with Crippen LogP contribution >= 0.6 is 34.9 Å². The molecule has 0 aliphatic carbocycles. The molecule has 0 unspecified atom stereocenters. The van der Waals surface area contributed by atoms with E-state index in [2.05, 4.69) is 25.8 Å². The van der Waals surface area contributed by atoms with E-state index in [-0.39, 0.29) is 29.8 Å². The van der Waals surface area contributed by atoms with Crippen molar-refractivity contribution in [1.82, 2.24) is 15.5 Å². The van der Waals surface area contributed by atoms with Gasteiger partial charge in [-0.05, 0) is 45.5 Å². The number of aryl methyl sites for hydroxylation is 1. The number of aliphatic imine (C=N–C) groups is 1. The van der Waals surface area contributed by atoms with E-state index in [0.717, 1.165) is 44.8 Å². The molecule has 1 aromatic heterocycles. The fraction of sp³-hybridized carbons (Fsp3) is 0.259. The molecule has 40 heavy (non-hydrogen) atoms. The predicted molar refractivity (Wildman–Crippen MR) is 167 cm³/mol. The van der Waals surface area contributed by atoms with Crippen LogP contribution in [0.4, 0.5) is 5.13 Å². The number of nitrogens with zero attached hydrogens (tertiary/aromatic N) is 3. The maximum Gasteiger partial charge on any atom is 0.230 e. The molecule has 0 aliphatic heterocycles. The van der Waals surface area contributed by atoms with Crippen LogP contribution in [0.5, 0.6) is 0 Å². The van der Waals surface area contributed by atoms with Gasteiger partial charge in [-0.3, -0.25) is 25.4 Å². The van der Waals surface area contributed by atoms with Crippen LogP contribution in [0.15, 0.2) is 53.5 Å². The Kier molecular flexibility index (Phi) is 12.7. The van der Waals surface area contributed by atoms with Crippen molar-refractivity contribution in [1.29, 1.82) is 16.2 Å². The van der Waals surface area contributed by atoms with E-state index < -0.39 is 0 Å². The van der Waals surface area contributed by atoms with Gasteiger partial charge in [0.2, 0.25) is 16.9 Å². The first-order valence-corrected chi connectivity index (χ1v) is 15.1. The molecule has 3 rings (SSSR count). The summed E-state index contributed by atoms with van der Waals surface area (Å²) in [4.78, 5) is 28.4. The Balaban J connectivity index is 1.27. The molecule has 2 aromatic carbocycles. The third-order valence-electron chi connectivity index (χ3n) is 5.26. The molecule has 0 spiro atoms. The number of aromatic nitrogens is 2. The molecule has 208 valence electrons. The third-order valence-corrected chi connectivity index (χ3v) is 7.90. The van der Waals surface area contributed by atoms with Crippen LogP contribution in [0, 0.1) is 16.2 Å². The highest BCUT2D eigenvalue weighted by atomic mass is 32.2. The van der Waals surface area contributed by atoms with Crippen molar-refractivity contribution < 1.29 is 9.59 Å². The second kappa shape index (κ2) is 16.4. The van der Waals surface area contributed by atoms with Gasteiger partial charge in [-0.2, -0.15) is 11.8 Å². The first kappa shape index (κ1) is 30.9. The van der Waals surface area contributed by atoms with Gasteiger partial charge in [-0.1, -0.05) is 59.9 Å². The Morgan fingerprint density at radius 1 is 0.950 bits per heavy atom. The summed E-state index contributed by atoms with van der Waals surface area (Å²) in [6.45, 7) is 0. The van der Waals surface area contributed by atoms with E-state index in [1.165, 1.54) is 17.6 Å². The summed E-state index contributed by atoms with van der Waals surface area (Å²) in [5, 5.41) is 38.3. The molecule has 0 aliphatic rings. The molecule has 0 fully saturated rings. The van der Waals surface area contributed by atoms with Crippen molar-refractivity contribution >= 4 is 74.4 Å². The summed E-state index contributed by atoms with van der Waals surface area (Å²) >= 11 is 3.95. The topological polar surface area (TPSA) is 168 Å². The second-order valence-electron chi connectivity index (χ2n) is 8.43. The Morgan fingerprint density at radius 2 is 1.60 bits per heavy atom. The van der Waals surface area contributed by atoms with Crippen LogP contribution in [-0.4, -0.2) is 63.2 Å². The first-order chi connectivity index (χ1) is 19.3. The number of hydrogen-bond donors (Lipinski definition) is 5. The molecule has 2 amide bonds. The summed E-state index contributed by atoms with van der Waals surface area (Å²) in [6, 6.07) is 14.7. The Bertz CT molecular complexity index is 1350. The van der Waals surface area contributed by atoms with Crippen molar-refractivity contribution in [2.75, 3.05) is 23.9 Å². The van der Waals surface area contributed by atoms with E-state index in [0.29, 0.717) is 28.8 Å². The number of benzene rings is 2. The zero-order valence-corrected chi connectivity index (χ0v) is 24.3. The van der Waals surface area contributed by atoms with Gasteiger partial charge in [0.1, 0.15) is 5.01 Å². The lowest BCUT2D eigenvalue weighted by Gasteiger charge is -2.07. The van der Waals surface area contributed by atoms with Crippen molar-refractivity contribution in [2.24, 2.45) is 4.99 Å². The smallest absolute Gasteiger partial charge is 0.230 e. The monoisotopic (exact) mass is 594 g/mol. The maximum atomic E-state index is 12.3. The van der Waals surface area contributed by atoms with E-state index in [9.17, 15) is 9.59 Å². The number of anilines is 1. The van der Waals surface area contributed by atoms with Crippen molar-refractivity contribution in [3.63, 3.8) is 0 Å². The van der Waals surface area contributed by atoms with Gasteiger partial charge in [0.25, 0.3) is 0 Å². The Labute approximate surface area is 245 Å². The number of carbonyl (C=O) groups is 2. The van der Waals surface area contributed by atoms with Crippen LogP contribution in [0.3, 0.4) is 0 Å². The third kappa shape index (κ3) is 11.2. The molecule has 0 saturated carbocycles. The molecule has 3 aromatic rings. The molecule has 0 saturated heterocycles. The molecule has 0 radical (unpaired) electrons. The van der Waals surface area contributed by atoms with E-state index in [4.69, 9.17) is 16.2 Å². The summed E-state index contributed by atoms with van der Waals surface area (Å²) in [5.74, 6) is 1.03. The molecule has 0 bridgehead atoms. The van der Waals surface area contributed by atoms with Crippen LogP contribution in [0.2, 0.25) is 0 Å². The zero-order valence-electron chi connectivity index (χ0n) is 21.9. The van der Waals surface area contributed by atoms with Crippen LogP contribution in [0.25, 0.3) is 0 Å². The largest absolute Gasteiger partial charge is 0.308 e. The summed E-state index contributed by atoms with van der Waals surface area (Å²) in [6.07, 6.45) is 4.56. The standard InChI is InChI=1S/C27H30N8O2S3/c1-31-17-21-8-4-19(5-9-21)14-23(36)32-26(30)39-22(29)10-12-38-13-11-25-34-35-27(40-25)33-24(37)15-18-2-6-20(16-28)7-3-18/h2-9,16-17,28-29H,10-15H2,1H3,(H2,30,32,36)(H,33,35,37)/b28-16?,29-22?,31-17+. The SMILES string of the molecule is C/N=C/c1ccc(CC(=O)NC(=N)SC(=N)CCSCCc2nnc(NC(=O)Cc3ccc(C=N)cc3)s2)cc1. The number of amidine groups is 1. The number of carbonyl (C=O) groups excluding carboxylic acids is 2. The fourth-order valence-electron chi connectivity index (χ4n) is 3.34. The predicted octanol–water partition coefficient (Wildman–Crippen LogP) is 4.44. The number of hydrogen-bond acceptors (Lipinski definition) is 11. The molecule has 0 atom stereocenters. The van der Waals surface area contributed by atoms with Gasteiger partial charge in [0, 0.05) is 32.3 Å². The van der Waals surface area contributed by atoms with Gasteiger partial charge in [-0.25, -0.2) is 0 Å². The van der Waals surface area contributed by atoms with Gasteiger partial charge >= 0.3 is 0 Å². The lowest BCUT2D eigenvalue weighted by molar-refractivity contribution is -0.119. The minimum absolute atomic E-state index is 0.0541. The molecule has 13 heteroatoms. The average Bonchev–Trinajstić information content (AvgIpc) is 3.36. The lowest BCUT2D eigenvalue weighted by Crippen LogP contribution is -2.29. The van der Waals surface area contributed by atoms with Gasteiger partial charge in [-0.15, -0.1) is 10.2 Å². The highest BCUT2D eigenvalue weighted by Gasteiger charge is 2.11.